The van der Waals surface area contributed by atoms with E-state index in [0.29, 0.717) is 11.5 Å². The highest BCUT2D eigenvalue weighted by Gasteiger charge is 2.09. The lowest BCUT2D eigenvalue weighted by Gasteiger charge is -2.09. The van der Waals surface area contributed by atoms with Crippen LogP contribution < -0.4 is 4.74 Å². The number of rotatable bonds is 16. The Balaban J connectivity index is 1.67. The number of unbranched alkanes of at least 4 members (excludes halogenated alkanes) is 11. The van der Waals surface area contributed by atoms with E-state index in [-0.39, 0.29) is 10.6 Å². The maximum atomic E-state index is 11.1. The van der Waals surface area contributed by atoms with E-state index in [1.165, 1.54) is 101 Å². The van der Waals surface area contributed by atoms with E-state index in [0.717, 1.165) is 18.4 Å². The van der Waals surface area contributed by atoms with Gasteiger partial charge in [0.25, 0.3) is 10.1 Å². The quantitative estimate of drug-likeness (QED) is 0.197. The molecule has 2 aromatic rings. The summed E-state index contributed by atoms with van der Waals surface area (Å²) in [5.41, 5.74) is 1.02. The summed E-state index contributed by atoms with van der Waals surface area (Å²) in [4.78, 5) is -0.187. The van der Waals surface area contributed by atoms with Crippen LogP contribution in [0.25, 0.3) is 0 Å². The summed E-state index contributed by atoms with van der Waals surface area (Å²) in [6, 6.07) is 10.7. The average Bonchev–Trinajstić information content (AvgIpc) is 2.74. The molecule has 0 fully saturated rings. The SMILES string of the molecule is CCCCCCCCCCCCCCc1cc(O)cc(Oc2ccc(S(=O)(=O)O)cc2)c1. The number of benzene rings is 2. The van der Waals surface area contributed by atoms with Gasteiger partial charge in [-0.05, 0) is 54.8 Å². The maximum absolute atomic E-state index is 11.1. The molecule has 0 aliphatic heterocycles. The zero-order valence-corrected chi connectivity index (χ0v) is 20.1. The van der Waals surface area contributed by atoms with Crippen molar-refractivity contribution in [3.8, 4) is 17.2 Å². The number of aromatic hydroxyl groups is 1. The van der Waals surface area contributed by atoms with Crippen molar-refractivity contribution >= 4 is 10.1 Å². The summed E-state index contributed by atoms with van der Waals surface area (Å²) in [6.07, 6.45) is 16.6. The minimum absolute atomic E-state index is 0.144. The molecule has 0 unspecified atom stereocenters. The van der Waals surface area contributed by atoms with Crippen molar-refractivity contribution in [2.75, 3.05) is 0 Å². The molecule has 0 heterocycles. The van der Waals surface area contributed by atoms with E-state index in [1.54, 1.807) is 6.07 Å². The van der Waals surface area contributed by atoms with Crippen LogP contribution >= 0.6 is 0 Å². The van der Waals surface area contributed by atoms with E-state index in [4.69, 9.17) is 9.29 Å². The van der Waals surface area contributed by atoms with E-state index in [9.17, 15) is 13.5 Å². The lowest BCUT2D eigenvalue weighted by Crippen LogP contribution is -1.97. The van der Waals surface area contributed by atoms with Gasteiger partial charge in [0, 0.05) is 6.07 Å². The molecule has 0 bridgehead atoms. The minimum atomic E-state index is -4.23. The number of phenolic OH excluding ortho intramolecular Hbond substituents is 1. The van der Waals surface area contributed by atoms with Crippen molar-refractivity contribution in [2.24, 2.45) is 0 Å². The van der Waals surface area contributed by atoms with E-state index in [2.05, 4.69) is 6.92 Å². The highest BCUT2D eigenvalue weighted by molar-refractivity contribution is 7.85. The first-order chi connectivity index (χ1) is 15.4. The third-order valence-electron chi connectivity index (χ3n) is 5.63. The van der Waals surface area contributed by atoms with Crippen LogP contribution in [0.5, 0.6) is 17.2 Å². The van der Waals surface area contributed by atoms with Crippen molar-refractivity contribution in [2.45, 2.75) is 95.3 Å². The first kappa shape index (κ1) is 26.2. The van der Waals surface area contributed by atoms with Crippen molar-refractivity contribution in [1.82, 2.24) is 0 Å². The maximum Gasteiger partial charge on any atom is 0.294 e. The molecule has 6 heteroatoms. The molecule has 0 atom stereocenters. The number of ether oxygens (including phenoxy) is 1. The molecule has 5 nitrogen and oxygen atoms in total. The Morgan fingerprint density at radius 2 is 1.25 bits per heavy atom. The van der Waals surface area contributed by atoms with Crippen LogP contribution in [0.3, 0.4) is 0 Å². The highest BCUT2D eigenvalue weighted by Crippen LogP contribution is 2.28. The van der Waals surface area contributed by atoms with Crippen molar-refractivity contribution in [1.29, 1.82) is 0 Å². The second-order valence-corrected chi connectivity index (χ2v) is 9.94. The second-order valence-electron chi connectivity index (χ2n) is 8.52. The smallest absolute Gasteiger partial charge is 0.294 e. The Morgan fingerprint density at radius 1 is 0.719 bits per heavy atom. The Kier molecular flexibility index (Phi) is 11.6. The van der Waals surface area contributed by atoms with Gasteiger partial charge in [-0.1, -0.05) is 77.6 Å². The summed E-state index contributed by atoms with van der Waals surface area (Å²) < 4.78 is 37.1. The summed E-state index contributed by atoms with van der Waals surface area (Å²) in [6.45, 7) is 2.25. The zero-order chi connectivity index (χ0) is 23.2. The van der Waals surface area contributed by atoms with Crippen LogP contribution in [0.2, 0.25) is 0 Å². The van der Waals surface area contributed by atoms with Gasteiger partial charge < -0.3 is 9.84 Å². The van der Waals surface area contributed by atoms with E-state index >= 15 is 0 Å². The molecule has 0 amide bonds. The van der Waals surface area contributed by atoms with Gasteiger partial charge in [-0.25, -0.2) is 0 Å². The van der Waals surface area contributed by atoms with Gasteiger partial charge >= 0.3 is 0 Å². The molecule has 0 saturated carbocycles. The van der Waals surface area contributed by atoms with Crippen LogP contribution in [0.15, 0.2) is 47.4 Å². The first-order valence-corrected chi connectivity index (χ1v) is 13.4. The fourth-order valence-electron chi connectivity index (χ4n) is 3.83. The summed E-state index contributed by atoms with van der Waals surface area (Å²) >= 11 is 0. The van der Waals surface area contributed by atoms with Gasteiger partial charge in [0.1, 0.15) is 17.2 Å². The Bertz CT molecular complexity index is 891. The molecule has 0 aliphatic carbocycles. The number of phenols is 1. The number of hydrogen-bond donors (Lipinski definition) is 2. The molecule has 0 aliphatic rings. The lowest BCUT2D eigenvalue weighted by atomic mass is 10.0. The molecule has 0 radical (unpaired) electrons. The molecule has 0 aromatic heterocycles. The Hall–Kier alpha value is -2.05. The van der Waals surface area contributed by atoms with Crippen LogP contribution in [0.4, 0.5) is 0 Å². The fourth-order valence-corrected chi connectivity index (χ4v) is 4.31. The van der Waals surface area contributed by atoms with Gasteiger partial charge in [-0.15, -0.1) is 0 Å². The third-order valence-corrected chi connectivity index (χ3v) is 6.50. The summed E-state index contributed by atoms with van der Waals surface area (Å²) in [5.74, 6) is 1.07. The zero-order valence-electron chi connectivity index (χ0n) is 19.3. The van der Waals surface area contributed by atoms with Crippen molar-refractivity contribution in [3.05, 3.63) is 48.0 Å². The van der Waals surface area contributed by atoms with Gasteiger partial charge in [0.2, 0.25) is 0 Å². The molecule has 0 spiro atoms. The normalized spacial score (nSPS) is 11.6. The third kappa shape index (κ3) is 10.5. The summed E-state index contributed by atoms with van der Waals surface area (Å²) in [7, 11) is -4.23. The predicted molar refractivity (Wildman–Crippen MR) is 129 cm³/mol. The van der Waals surface area contributed by atoms with Crippen LogP contribution in [-0.2, 0) is 16.5 Å². The standard InChI is InChI=1S/C26H38O5S/c1-2-3-4-5-6-7-8-9-10-11-12-13-14-22-19-23(27)21-25(20-22)31-24-15-17-26(18-16-24)32(28,29)30/h15-21,27H,2-14H2,1H3,(H,28,29,30). The fraction of sp³-hybridized carbons (Fsp3) is 0.538. The monoisotopic (exact) mass is 462 g/mol. The molecular weight excluding hydrogens is 424 g/mol. The highest BCUT2D eigenvalue weighted by atomic mass is 32.2. The molecule has 178 valence electrons. The van der Waals surface area contributed by atoms with E-state index in [1.807, 2.05) is 6.07 Å². The van der Waals surface area contributed by atoms with Crippen LogP contribution in [0.1, 0.15) is 89.5 Å². The van der Waals surface area contributed by atoms with Crippen LogP contribution in [0, 0.1) is 0 Å². The molecule has 2 N–H and O–H groups in total. The molecular formula is C26H38O5S. The van der Waals surface area contributed by atoms with Gasteiger partial charge in [-0.2, -0.15) is 8.42 Å². The predicted octanol–water partition coefficient (Wildman–Crippen LogP) is 7.67. The van der Waals surface area contributed by atoms with Crippen molar-refractivity contribution in [3.63, 3.8) is 0 Å². The largest absolute Gasteiger partial charge is 0.508 e. The van der Waals surface area contributed by atoms with Crippen molar-refractivity contribution < 1.29 is 22.8 Å². The number of aryl methyl sites for hydroxylation is 1. The Morgan fingerprint density at radius 3 is 1.78 bits per heavy atom. The first-order valence-electron chi connectivity index (χ1n) is 12.0. The molecule has 32 heavy (non-hydrogen) atoms. The molecule has 2 aromatic carbocycles. The molecule has 2 rings (SSSR count). The van der Waals surface area contributed by atoms with Gasteiger partial charge in [-0.3, -0.25) is 4.55 Å². The van der Waals surface area contributed by atoms with Crippen LogP contribution in [-0.4, -0.2) is 18.1 Å². The number of hydrogen-bond acceptors (Lipinski definition) is 4. The average molecular weight is 463 g/mol. The Labute approximate surface area is 193 Å². The molecule has 0 saturated heterocycles. The van der Waals surface area contributed by atoms with Gasteiger partial charge in [0.05, 0.1) is 4.90 Å². The van der Waals surface area contributed by atoms with Gasteiger partial charge in [0.15, 0.2) is 0 Å². The minimum Gasteiger partial charge on any atom is -0.508 e. The second kappa shape index (κ2) is 14.2. The topological polar surface area (TPSA) is 83.8 Å². The van der Waals surface area contributed by atoms with E-state index < -0.39 is 10.1 Å². The summed E-state index contributed by atoms with van der Waals surface area (Å²) in [5, 5.41) is 10.0. The lowest BCUT2D eigenvalue weighted by molar-refractivity contribution is 0.453.